The Hall–Kier alpha value is -1.75. The summed E-state index contributed by atoms with van der Waals surface area (Å²) in [7, 11) is 3.43. The van der Waals surface area contributed by atoms with Crippen molar-refractivity contribution in [3.63, 3.8) is 0 Å². The van der Waals surface area contributed by atoms with Gasteiger partial charge in [0.15, 0.2) is 0 Å². The van der Waals surface area contributed by atoms with Crippen molar-refractivity contribution in [2.24, 2.45) is 0 Å². The summed E-state index contributed by atoms with van der Waals surface area (Å²) >= 11 is 0. The van der Waals surface area contributed by atoms with Gasteiger partial charge in [0.05, 0.1) is 7.11 Å². The number of ether oxygens (including phenoxy) is 2. The molecule has 0 saturated heterocycles. The maximum atomic E-state index is 11.0. The molecule has 0 saturated carbocycles. The molecular weight excluding hydrogens is 258 g/mol. The predicted octanol–water partition coefficient (Wildman–Crippen LogP) is 1.92. The second-order valence-corrected chi connectivity index (χ2v) is 5.34. The number of carbonyl (C=O) groups is 1. The van der Waals surface area contributed by atoms with Gasteiger partial charge in [-0.05, 0) is 33.0 Å². The Bertz CT molecular complexity index is 515. The van der Waals surface area contributed by atoms with Crippen LogP contribution in [-0.2, 0) is 17.8 Å². The van der Waals surface area contributed by atoms with Gasteiger partial charge in [-0.15, -0.1) is 0 Å². The van der Waals surface area contributed by atoms with Crippen LogP contribution < -0.4 is 9.47 Å². The van der Waals surface area contributed by atoms with Gasteiger partial charge in [0.25, 0.3) is 0 Å². The lowest BCUT2D eigenvalue weighted by Crippen LogP contribution is -2.35. The van der Waals surface area contributed by atoms with E-state index in [2.05, 4.69) is 0 Å². The maximum absolute atomic E-state index is 11.0. The fourth-order valence-electron chi connectivity index (χ4n) is 2.41. The second kappa shape index (κ2) is 5.71. The number of methoxy groups -OCH3 is 1. The van der Waals surface area contributed by atoms with Crippen molar-refractivity contribution < 1.29 is 19.4 Å². The van der Waals surface area contributed by atoms with Gasteiger partial charge in [-0.25, -0.2) is 0 Å². The number of aliphatic carboxylic acids is 1. The first kappa shape index (κ1) is 14.7. The fraction of sp³-hybridized carbons (Fsp3) is 0.533. The summed E-state index contributed by atoms with van der Waals surface area (Å²) in [6.07, 6.45) is 1.01. The van der Waals surface area contributed by atoms with E-state index in [4.69, 9.17) is 14.6 Å². The second-order valence-electron chi connectivity index (χ2n) is 5.34. The lowest BCUT2D eigenvalue weighted by Gasteiger charge is -2.22. The highest BCUT2D eigenvalue weighted by Gasteiger charge is 2.25. The minimum Gasteiger partial charge on any atom is -0.497 e. The number of likely N-dealkylation sites (N-methyl/N-ethyl adjacent to an activating group) is 1. The van der Waals surface area contributed by atoms with Gasteiger partial charge < -0.3 is 14.6 Å². The molecule has 2 unspecified atom stereocenters. The van der Waals surface area contributed by atoms with Gasteiger partial charge in [-0.2, -0.15) is 0 Å². The monoisotopic (exact) mass is 279 g/mol. The summed E-state index contributed by atoms with van der Waals surface area (Å²) in [5, 5.41) is 9.07. The first-order chi connectivity index (χ1) is 9.42. The minimum atomic E-state index is -0.832. The van der Waals surface area contributed by atoms with Crippen LogP contribution in [-0.4, -0.2) is 42.3 Å². The zero-order chi connectivity index (χ0) is 14.9. The molecule has 5 heteroatoms. The van der Waals surface area contributed by atoms with E-state index in [1.165, 1.54) is 0 Å². The number of nitrogens with zero attached hydrogens (tertiary/aromatic N) is 1. The van der Waals surface area contributed by atoms with Crippen LogP contribution >= 0.6 is 0 Å². The summed E-state index contributed by atoms with van der Waals surface area (Å²) in [5.74, 6) is 0.830. The maximum Gasteiger partial charge on any atom is 0.320 e. The molecule has 1 aromatic carbocycles. The molecule has 2 atom stereocenters. The molecule has 0 aromatic heterocycles. The highest BCUT2D eigenvalue weighted by Crippen LogP contribution is 2.36. The van der Waals surface area contributed by atoms with E-state index in [9.17, 15) is 4.79 Å². The van der Waals surface area contributed by atoms with E-state index in [1.807, 2.05) is 19.1 Å². The first-order valence-corrected chi connectivity index (χ1v) is 6.72. The van der Waals surface area contributed by atoms with Crippen LogP contribution in [0.1, 0.15) is 25.0 Å². The standard InChI is InChI=1S/C15H21NO4/c1-9-5-11-6-13(19-4)7-12(14(11)20-9)8-16(3)10(2)15(17)18/h6-7,9-10H,5,8H2,1-4H3,(H,17,18). The van der Waals surface area contributed by atoms with Gasteiger partial charge in [0, 0.05) is 24.1 Å². The number of benzene rings is 1. The topological polar surface area (TPSA) is 59.0 Å². The summed E-state index contributed by atoms with van der Waals surface area (Å²) in [5.41, 5.74) is 2.10. The molecule has 1 heterocycles. The van der Waals surface area contributed by atoms with Crippen molar-refractivity contribution in [1.29, 1.82) is 0 Å². The van der Waals surface area contributed by atoms with Gasteiger partial charge >= 0.3 is 5.97 Å². The Morgan fingerprint density at radius 3 is 2.90 bits per heavy atom. The Morgan fingerprint density at radius 1 is 1.60 bits per heavy atom. The number of hydrogen-bond acceptors (Lipinski definition) is 4. The van der Waals surface area contributed by atoms with Crippen molar-refractivity contribution in [3.8, 4) is 11.5 Å². The smallest absolute Gasteiger partial charge is 0.320 e. The van der Waals surface area contributed by atoms with Gasteiger partial charge in [0.1, 0.15) is 23.6 Å². The molecule has 0 spiro atoms. The quantitative estimate of drug-likeness (QED) is 0.892. The van der Waals surface area contributed by atoms with Crippen LogP contribution in [0.3, 0.4) is 0 Å². The van der Waals surface area contributed by atoms with E-state index in [-0.39, 0.29) is 6.10 Å². The lowest BCUT2D eigenvalue weighted by atomic mass is 10.1. The molecule has 0 bridgehead atoms. The summed E-state index contributed by atoms with van der Waals surface area (Å²) in [4.78, 5) is 12.8. The summed E-state index contributed by atoms with van der Waals surface area (Å²) in [6, 6.07) is 3.36. The SMILES string of the molecule is COc1cc2c(c(CN(C)C(C)C(=O)O)c1)OC(C)C2. The fourth-order valence-corrected chi connectivity index (χ4v) is 2.41. The summed E-state index contributed by atoms with van der Waals surface area (Å²) < 4.78 is 11.2. The molecule has 1 aliphatic rings. The number of carboxylic acids is 1. The highest BCUT2D eigenvalue weighted by molar-refractivity contribution is 5.72. The zero-order valence-electron chi connectivity index (χ0n) is 12.3. The van der Waals surface area contributed by atoms with Crippen molar-refractivity contribution >= 4 is 5.97 Å². The normalized spacial score (nSPS) is 18.6. The van der Waals surface area contributed by atoms with Crippen LogP contribution in [0.2, 0.25) is 0 Å². The van der Waals surface area contributed by atoms with E-state index >= 15 is 0 Å². The zero-order valence-corrected chi connectivity index (χ0v) is 12.3. The number of fused-ring (bicyclic) bond motifs is 1. The lowest BCUT2D eigenvalue weighted by molar-refractivity contribution is -0.142. The molecule has 20 heavy (non-hydrogen) atoms. The Balaban J connectivity index is 2.27. The third-order valence-electron chi connectivity index (χ3n) is 3.72. The number of rotatable bonds is 5. The Labute approximate surface area is 119 Å². The first-order valence-electron chi connectivity index (χ1n) is 6.72. The van der Waals surface area contributed by atoms with Gasteiger partial charge in [0.2, 0.25) is 0 Å². The average Bonchev–Trinajstić information content (AvgIpc) is 2.77. The molecule has 1 aromatic rings. The molecule has 110 valence electrons. The van der Waals surface area contributed by atoms with E-state index in [0.717, 1.165) is 29.0 Å². The Kier molecular flexibility index (Phi) is 4.18. The number of hydrogen-bond donors (Lipinski definition) is 1. The average molecular weight is 279 g/mol. The third kappa shape index (κ3) is 2.88. The van der Waals surface area contributed by atoms with Crippen LogP contribution in [0, 0.1) is 0 Å². The summed E-state index contributed by atoms with van der Waals surface area (Å²) in [6.45, 7) is 4.21. The van der Waals surface area contributed by atoms with Crippen LogP contribution in [0.5, 0.6) is 11.5 Å². The van der Waals surface area contributed by atoms with E-state index < -0.39 is 12.0 Å². The van der Waals surface area contributed by atoms with Crippen LogP contribution in [0.15, 0.2) is 12.1 Å². The van der Waals surface area contributed by atoms with Crippen molar-refractivity contribution in [1.82, 2.24) is 4.90 Å². The van der Waals surface area contributed by atoms with Gasteiger partial charge in [-0.3, -0.25) is 9.69 Å². The van der Waals surface area contributed by atoms with Gasteiger partial charge in [-0.1, -0.05) is 0 Å². The minimum absolute atomic E-state index is 0.151. The molecular formula is C15H21NO4. The predicted molar refractivity (Wildman–Crippen MR) is 75.4 cm³/mol. The molecule has 5 nitrogen and oxygen atoms in total. The largest absolute Gasteiger partial charge is 0.497 e. The van der Waals surface area contributed by atoms with Crippen molar-refractivity contribution in [3.05, 3.63) is 23.3 Å². The molecule has 0 amide bonds. The molecule has 1 aliphatic heterocycles. The van der Waals surface area contributed by atoms with E-state index in [0.29, 0.717) is 6.54 Å². The molecule has 0 radical (unpaired) electrons. The van der Waals surface area contributed by atoms with E-state index in [1.54, 1.807) is 26.0 Å². The number of carboxylic acid groups (broad SMARTS) is 1. The molecule has 1 N–H and O–H groups in total. The molecule has 0 aliphatic carbocycles. The third-order valence-corrected chi connectivity index (χ3v) is 3.72. The molecule has 2 rings (SSSR count). The van der Waals surface area contributed by atoms with Crippen molar-refractivity contribution in [2.75, 3.05) is 14.2 Å². The van der Waals surface area contributed by atoms with Crippen molar-refractivity contribution in [2.45, 2.75) is 39.0 Å². The van der Waals surface area contributed by atoms with Crippen LogP contribution in [0.4, 0.5) is 0 Å². The van der Waals surface area contributed by atoms with Crippen LogP contribution in [0.25, 0.3) is 0 Å². The molecule has 0 fully saturated rings. The Morgan fingerprint density at radius 2 is 2.30 bits per heavy atom. The highest BCUT2D eigenvalue weighted by atomic mass is 16.5.